The van der Waals surface area contributed by atoms with Crippen LogP contribution in [0.4, 0.5) is 8.78 Å². The van der Waals surface area contributed by atoms with Gasteiger partial charge in [0.15, 0.2) is 11.5 Å². The Balaban J connectivity index is 1.90. The van der Waals surface area contributed by atoms with Crippen molar-refractivity contribution in [2.75, 3.05) is 7.05 Å². The molecule has 0 spiro atoms. The van der Waals surface area contributed by atoms with Crippen molar-refractivity contribution in [2.24, 2.45) is 5.73 Å². The van der Waals surface area contributed by atoms with Crippen molar-refractivity contribution in [3.05, 3.63) is 77.3 Å². The Hall–Kier alpha value is -3.65. The number of para-hydroxylation sites is 1. The summed E-state index contributed by atoms with van der Waals surface area (Å²) < 4.78 is 28.1. The summed E-state index contributed by atoms with van der Waals surface area (Å²) in [6.07, 6.45) is 3.56. The van der Waals surface area contributed by atoms with Gasteiger partial charge in [-0.05, 0) is 24.3 Å². The molecular formula is C20H15F2N4O2+. The van der Waals surface area contributed by atoms with Crippen molar-refractivity contribution in [1.29, 1.82) is 0 Å². The highest BCUT2D eigenvalue weighted by Gasteiger charge is 2.37. The standard InChI is InChI=1S/C20H14F2N4O2/c1-26(10-27)9-11(17-13(21)5-3-6-14(17)22)8-16(26)20-24-15-7-2-4-12(19(23)28)18(15)25-20/h2-10H,1H3,(H2-,23,24,25,28)/p+1. The molecule has 28 heavy (non-hydrogen) atoms. The van der Waals surface area contributed by atoms with E-state index in [1.165, 1.54) is 18.3 Å². The van der Waals surface area contributed by atoms with Crippen LogP contribution >= 0.6 is 0 Å². The number of carbonyl (C=O) groups excluding carboxylic acids is 2. The predicted octanol–water partition coefficient (Wildman–Crippen LogP) is 2.94. The molecule has 0 saturated carbocycles. The molecule has 0 fully saturated rings. The van der Waals surface area contributed by atoms with Gasteiger partial charge in [-0.15, -0.1) is 0 Å². The molecule has 0 bridgehead atoms. The van der Waals surface area contributed by atoms with Crippen molar-refractivity contribution in [1.82, 2.24) is 9.97 Å². The summed E-state index contributed by atoms with van der Waals surface area (Å²) in [7, 11) is 1.56. The lowest BCUT2D eigenvalue weighted by Gasteiger charge is -2.19. The maximum Gasteiger partial charge on any atom is 0.311 e. The molecular weight excluding hydrogens is 366 g/mol. The number of amides is 2. The fraction of sp³-hybridized carbons (Fsp3) is 0.0500. The predicted molar refractivity (Wildman–Crippen MR) is 99.2 cm³/mol. The third kappa shape index (κ3) is 2.62. The summed E-state index contributed by atoms with van der Waals surface area (Å²) in [6, 6.07) is 8.48. The quantitative estimate of drug-likeness (QED) is 0.538. The van der Waals surface area contributed by atoms with Gasteiger partial charge in [0.25, 0.3) is 5.91 Å². The van der Waals surface area contributed by atoms with Gasteiger partial charge in [0.05, 0.1) is 23.7 Å². The van der Waals surface area contributed by atoms with Crippen LogP contribution in [0.5, 0.6) is 0 Å². The third-order valence-corrected chi connectivity index (χ3v) is 4.71. The molecule has 1 aliphatic heterocycles. The second kappa shape index (κ2) is 6.21. The van der Waals surface area contributed by atoms with Gasteiger partial charge in [0, 0.05) is 11.6 Å². The molecule has 1 aliphatic rings. The summed E-state index contributed by atoms with van der Waals surface area (Å²) in [6.45, 7) is 0. The molecule has 8 heteroatoms. The van der Waals surface area contributed by atoms with Gasteiger partial charge < -0.3 is 10.7 Å². The number of imidazole rings is 1. The largest absolute Gasteiger partial charge is 0.366 e. The zero-order valence-electron chi connectivity index (χ0n) is 14.7. The lowest BCUT2D eigenvalue weighted by atomic mass is 10.1. The van der Waals surface area contributed by atoms with Crippen LogP contribution in [-0.4, -0.2) is 33.8 Å². The number of primary amides is 1. The van der Waals surface area contributed by atoms with Crippen LogP contribution in [-0.2, 0) is 4.79 Å². The van der Waals surface area contributed by atoms with Gasteiger partial charge in [-0.3, -0.25) is 4.79 Å². The number of allylic oxidation sites excluding steroid dienone is 2. The number of benzene rings is 2. The molecule has 3 N–H and O–H groups in total. The lowest BCUT2D eigenvalue weighted by Crippen LogP contribution is -2.33. The number of aromatic nitrogens is 2. The van der Waals surface area contributed by atoms with E-state index in [1.807, 2.05) is 0 Å². The minimum absolute atomic E-state index is 0.218. The van der Waals surface area contributed by atoms with Gasteiger partial charge in [-0.1, -0.05) is 12.1 Å². The second-order valence-corrected chi connectivity index (χ2v) is 6.61. The van der Waals surface area contributed by atoms with Crippen LogP contribution in [0, 0.1) is 11.6 Å². The SMILES string of the molecule is C[N+]1(C=O)C=C(c2c(F)cccc2F)C=C1c1nc2c(C(N)=O)cccc2[nH]1. The first-order chi connectivity index (χ1) is 13.3. The van der Waals surface area contributed by atoms with Crippen LogP contribution in [0.2, 0.25) is 0 Å². The van der Waals surface area contributed by atoms with Crippen LogP contribution in [0.25, 0.3) is 22.3 Å². The van der Waals surface area contributed by atoms with Crippen molar-refractivity contribution in [2.45, 2.75) is 0 Å². The number of fused-ring (bicyclic) bond motifs is 1. The minimum Gasteiger partial charge on any atom is -0.366 e. The van der Waals surface area contributed by atoms with Crippen molar-refractivity contribution in [3.8, 4) is 0 Å². The molecule has 3 aromatic rings. The van der Waals surface area contributed by atoms with Crippen LogP contribution in [0.1, 0.15) is 21.7 Å². The first-order valence-corrected chi connectivity index (χ1v) is 8.34. The summed E-state index contributed by atoms with van der Waals surface area (Å²) in [4.78, 5) is 30.9. The molecule has 1 atom stereocenters. The highest BCUT2D eigenvalue weighted by Crippen LogP contribution is 2.38. The van der Waals surface area contributed by atoms with E-state index in [1.54, 1.807) is 25.2 Å². The average Bonchev–Trinajstić information content (AvgIpc) is 3.22. The van der Waals surface area contributed by atoms with Crippen LogP contribution < -0.4 is 5.73 Å². The number of hydrogen-bond acceptors (Lipinski definition) is 3. The minimum atomic E-state index is -0.734. The molecule has 1 aromatic heterocycles. The maximum atomic E-state index is 14.2. The number of aromatic amines is 1. The Morgan fingerprint density at radius 2 is 1.86 bits per heavy atom. The Kier molecular flexibility index (Phi) is 3.93. The zero-order chi connectivity index (χ0) is 20.1. The second-order valence-electron chi connectivity index (χ2n) is 6.61. The number of nitrogens with zero attached hydrogens (tertiary/aromatic N) is 2. The summed E-state index contributed by atoms with van der Waals surface area (Å²) in [5.74, 6) is -1.81. The number of nitrogens with one attached hydrogen (secondary N) is 1. The number of rotatable bonds is 4. The number of carbonyl (C=O) groups is 2. The van der Waals surface area contributed by atoms with E-state index in [9.17, 15) is 18.4 Å². The first-order valence-electron chi connectivity index (χ1n) is 8.34. The molecule has 0 saturated heterocycles. The van der Waals surface area contributed by atoms with E-state index in [2.05, 4.69) is 9.97 Å². The number of quaternary nitrogens is 1. The Bertz CT molecular complexity index is 1190. The van der Waals surface area contributed by atoms with Gasteiger partial charge in [0.1, 0.15) is 23.4 Å². The molecule has 6 nitrogen and oxygen atoms in total. The topological polar surface area (TPSA) is 88.8 Å². The molecule has 0 radical (unpaired) electrons. The fourth-order valence-corrected chi connectivity index (χ4v) is 3.33. The molecule has 1 unspecified atom stereocenters. The smallest absolute Gasteiger partial charge is 0.311 e. The van der Waals surface area contributed by atoms with Gasteiger partial charge in [-0.2, -0.15) is 0 Å². The van der Waals surface area contributed by atoms with Crippen molar-refractivity contribution < 1.29 is 22.9 Å². The van der Waals surface area contributed by atoms with Crippen LogP contribution in [0.3, 0.4) is 0 Å². The van der Waals surface area contributed by atoms with Gasteiger partial charge >= 0.3 is 6.41 Å². The summed E-state index contributed by atoms with van der Waals surface area (Å²) in [5, 5.41) is 0. The average molecular weight is 381 g/mol. The van der Waals surface area contributed by atoms with E-state index in [0.717, 1.165) is 12.1 Å². The monoisotopic (exact) mass is 381 g/mol. The summed E-state index contributed by atoms with van der Waals surface area (Å²) >= 11 is 0. The number of halogens is 2. The number of hydrogen-bond donors (Lipinski definition) is 2. The Labute approximate surface area is 158 Å². The molecule has 0 aliphatic carbocycles. The maximum absolute atomic E-state index is 14.2. The van der Waals surface area contributed by atoms with Crippen molar-refractivity contribution in [3.63, 3.8) is 0 Å². The normalized spacial score (nSPS) is 18.8. The van der Waals surface area contributed by atoms with Crippen LogP contribution in [0.15, 0.2) is 48.7 Å². The van der Waals surface area contributed by atoms with Gasteiger partial charge in [-0.25, -0.2) is 23.0 Å². The molecule has 4 rings (SSSR count). The Morgan fingerprint density at radius 1 is 1.18 bits per heavy atom. The molecule has 2 amide bonds. The Morgan fingerprint density at radius 3 is 2.50 bits per heavy atom. The van der Waals surface area contributed by atoms with E-state index in [0.29, 0.717) is 29.0 Å². The third-order valence-electron chi connectivity index (χ3n) is 4.71. The molecule has 140 valence electrons. The fourth-order valence-electron chi connectivity index (χ4n) is 3.33. The van der Waals surface area contributed by atoms with E-state index in [4.69, 9.17) is 5.73 Å². The number of nitrogens with two attached hydrogens (primary N) is 1. The van der Waals surface area contributed by atoms with Gasteiger partial charge in [0.2, 0.25) is 0 Å². The highest BCUT2D eigenvalue weighted by atomic mass is 19.1. The number of H-pyrrole nitrogens is 1. The first kappa shape index (κ1) is 17.7. The lowest BCUT2D eigenvalue weighted by molar-refractivity contribution is -0.689. The summed E-state index contributed by atoms with van der Waals surface area (Å²) in [5.41, 5.74) is 6.90. The molecule has 2 heterocycles. The zero-order valence-corrected chi connectivity index (χ0v) is 14.7. The van der Waals surface area contributed by atoms with E-state index < -0.39 is 17.5 Å². The van der Waals surface area contributed by atoms with Crippen molar-refractivity contribution >= 4 is 34.6 Å². The van der Waals surface area contributed by atoms with E-state index >= 15 is 0 Å². The molecule has 2 aromatic carbocycles. The highest BCUT2D eigenvalue weighted by molar-refractivity contribution is 6.04. The van der Waals surface area contributed by atoms with E-state index in [-0.39, 0.29) is 21.2 Å².